The number of rotatable bonds is 4. The van der Waals surface area contributed by atoms with Crippen molar-refractivity contribution in [2.24, 2.45) is 5.73 Å². The lowest BCUT2D eigenvalue weighted by atomic mass is 10.0. The molecule has 1 fully saturated rings. The van der Waals surface area contributed by atoms with Gasteiger partial charge in [-0.15, -0.1) is 0 Å². The summed E-state index contributed by atoms with van der Waals surface area (Å²) in [5.41, 5.74) is 9.61. The molecule has 0 bridgehead atoms. The van der Waals surface area contributed by atoms with E-state index in [9.17, 15) is 0 Å². The van der Waals surface area contributed by atoms with Gasteiger partial charge in [-0.25, -0.2) is 0 Å². The highest BCUT2D eigenvalue weighted by Gasteiger charge is 2.20. The van der Waals surface area contributed by atoms with Crippen LogP contribution in [0.5, 0.6) is 5.75 Å². The largest absolute Gasteiger partial charge is 0.496 e. The Morgan fingerprint density at radius 3 is 2.62 bits per heavy atom. The summed E-state index contributed by atoms with van der Waals surface area (Å²) < 4.78 is 5.59. The van der Waals surface area contributed by atoms with E-state index in [0.29, 0.717) is 6.04 Å². The molecule has 3 heteroatoms. The van der Waals surface area contributed by atoms with Crippen LogP contribution in [0.4, 0.5) is 0 Å². The zero-order valence-electron chi connectivity index (χ0n) is 12.5. The van der Waals surface area contributed by atoms with Crippen molar-refractivity contribution in [1.82, 2.24) is 4.90 Å². The molecular weight excluding hydrogens is 260 g/mol. The Hall–Kier alpha value is -1.84. The molecule has 21 heavy (non-hydrogen) atoms. The molecule has 1 atom stereocenters. The van der Waals surface area contributed by atoms with Crippen molar-refractivity contribution < 1.29 is 4.74 Å². The monoisotopic (exact) mass is 282 g/mol. The van der Waals surface area contributed by atoms with Crippen molar-refractivity contribution in [2.75, 3.05) is 20.2 Å². The first-order valence-corrected chi connectivity index (χ1v) is 7.46. The van der Waals surface area contributed by atoms with Crippen LogP contribution in [0.2, 0.25) is 0 Å². The van der Waals surface area contributed by atoms with Gasteiger partial charge >= 0.3 is 0 Å². The maximum atomic E-state index is 5.98. The predicted molar refractivity (Wildman–Crippen MR) is 86.3 cm³/mol. The van der Waals surface area contributed by atoms with Gasteiger partial charge in [0.2, 0.25) is 0 Å². The fraction of sp³-hybridized carbons (Fsp3) is 0.333. The standard InChI is InChI=1S/C18H22N2O/c1-21-18-11-15(14-5-3-2-4-6-14)7-8-16(18)12-20-10-9-17(19)13-20/h2-8,11,17H,9-10,12-13,19H2,1H3/t17-/m0/s1. The number of hydrogen-bond donors (Lipinski definition) is 1. The van der Waals surface area contributed by atoms with E-state index in [0.717, 1.165) is 31.8 Å². The van der Waals surface area contributed by atoms with E-state index < -0.39 is 0 Å². The van der Waals surface area contributed by atoms with Crippen LogP contribution in [0, 0.1) is 0 Å². The third kappa shape index (κ3) is 3.26. The average Bonchev–Trinajstić information content (AvgIpc) is 2.94. The van der Waals surface area contributed by atoms with Crippen molar-refractivity contribution in [3.63, 3.8) is 0 Å². The molecule has 0 aliphatic carbocycles. The molecule has 0 aromatic heterocycles. The van der Waals surface area contributed by atoms with Gasteiger partial charge in [-0.05, 0) is 23.6 Å². The van der Waals surface area contributed by atoms with E-state index in [1.165, 1.54) is 16.7 Å². The molecule has 0 amide bonds. The summed E-state index contributed by atoms with van der Waals surface area (Å²) in [6.07, 6.45) is 1.09. The Kier molecular flexibility index (Phi) is 4.23. The summed E-state index contributed by atoms with van der Waals surface area (Å²) in [6.45, 7) is 2.96. The second-order valence-corrected chi connectivity index (χ2v) is 5.68. The van der Waals surface area contributed by atoms with Gasteiger partial charge < -0.3 is 10.5 Å². The van der Waals surface area contributed by atoms with Crippen LogP contribution in [0.1, 0.15) is 12.0 Å². The normalized spacial score (nSPS) is 18.9. The third-order valence-corrected chi connectivity index (χ3v) is 4.10. The van der Waals surface area contributed by atoms with Gasteiger partial charge in [0.25, 0.3) is 0 Å². The van der Waals surface area contributed by atoms with E-state index in [4.69, 9.17) is 10.5 Å². The molecule has 0 spiro atoms. The first kappa shape index (κ1) is 14.1. The highest BCUT2D eigenvalue weighted by atomic mass is 16.5. The third-order valence-electron chi connectivity index (χ3n) is 4.10. The van der Waals surface area contributed by atoms with Crippen LogP contribution in [0.25, 0.3) is 11.1 Å². The van der Waals surface area contributed by atoms with E-state index in [2.05, 4.69) is 47.4 Å². The number of nitrogens with two attached hydrogens (primary N) is 1. The summed E-state index contributed by atoms with van der Waals surface area (Å²) in [5.74, 6) is 0.955. The van der Waals surface area contributed by atoms with Crippen LogP contribution >= 0.6 is 0 Å². The number of likely N-dealkylation sites (tertiary alicyclic amines) is 1. The van der Waals surface area contributed by atoms with Gasteiger partial charge in [0.05, 0.1) is 7.11 Å². The van der Waals surface area contributed by atoms with Crippen LogP contribution in [-0.2, 0) is 6.54 Å². The lowest BCUT2D eigenvalue weighted by molar-refractivity contribution is 0.317. The maximum absolute atomic E-state index is 5.98. The van der Waals surface area contributed by atoms with Crippen molar-refractivity contribution in [3.8, 4) is 16.9 Å². The topological polar surface area (TPSA) is 38.5 Å². The second kappa shape index (κ2) is 6.29. The van der Waals surface area contributed by atoms with Crippen LogP contribution in [0.15, 0.2) is 48.5 Å². The Morgan fingerprint density at radius 2 is 1.95 bits per heavy atom. The molecule has 3 rings (SSSR count). The number of nitrogens with zero attached hydrogens (tertiary/aromatic N) is 1. The maximum Gasteiger partial charge on any atom is 0.123 e. The minimum atomic E-state index is 0.319. The molecule has 110 valence electrons. The lowest BCUT2D eigenvalue weighted by Gasteiger charge is -2.18. The summed E-state index contributed by atoms with van der Waals surface area (Å²) in [4.78, 5) is 2.39. The summed E-state index contributed by atoms with van der Waals surface area (Å²) >= 11 is 0. The summed E-state index contributed by atoms with van der Waals surface area (Å²) in [7, 11) is 1.74. The van der Waals surface area contributed by atoms with Crippen LogP contribution < -0.4 is 10.5 Å². The number of benzene rings is 2. The lowest BCUT2D eigenvalue weighted by Crippen LogP contribution is -2.26. The predicted octanol–water partition coefficient (Wildman–Crippen LogP) is 2.90. The van der Waals surface area contributed by atoms with E-state index >= 15 is 0 Å². The SMILES string of the molecule is COc1cc(-c2ccccc2)ccc1CN1CC[C@H](N)C1. The highest BCUT2D eigenvalue weighted by molar-refractivity contribution is 5.66. The Balaban J connectivity index is 1.82. The van der Waals surface area contributed by atoms with E-state index in [1.807, 2.05) is 6.07 Å². The molecular formula is C18H22N2O. The van der Waals surface area contributed by atoms with Crippen molar-refractivity contribution >= 4 is 0 Å². The first-order valence-electron chi connectivity index (χ1n) is 7.46. The Morgan fingerprint density at radius 1 is 1.14 bits per heavy atom. The molecule has 0 unspecified atom stereocenters. The molecule has 0 radical (unpaired) electrons. The quantitative estimate of drug-likeness (QED) is 0.937. The molecule has 1 heterocycles. The van der Waals surface area contributed by atoms with Gasteiger partial charge in [-0.3, -0.25) is 4.90 Å². The first-order chi connectivity index (χ1) is 10.3. The van der Waals surface area contributed by atoms with Crippen molar-refractivity contribution in [3.05, 3.63) is 54.1 Å². The highest BCUT2D eigenvalue weighted by Crippen LogP contribution is 2.28. The number of hydrogen-bond acceptors (Lipinski definition) is 3. The van der Waals surface area contributed by atoms with Gasteiger partial charge in [-0.1, -0.05) is 42.5 Å². The number of ether oxygens (including phenoxy) is 1. The molecule has 2 aromatic rings. The fourth-order valence-corrected chi connectivity index (χ4v) is 2.93. The van der Waals surface area contributed by atoms with Gasteiger partial charge in [-0.2, -0.15) is 0 Å². The van der Waals surface area contributed by atoms with Gasteiger partial charge in [0.1, 0.15) is 5.75 Å². The molecule has 2 aromatic carbocycles. The smallest absolute Gasteiger partial charge is 0.123 e. The molecule has 3 nitrogen and oxygen atoms in total. The van der Waals surface area contributed by atoms with Gasteiger partial charge in [0, 0.05) is 31.2 Å². The second-order valence-electron chi connectivity index (χ2n) is 5.68. The number of methoxy groups -OCH3 is 1. The molecule has 0 saturated carbocycles. The van der Waals surface area contributed by atoms with Crippen molar-refractivity contribution in [2.45, 2.75) is 19.0 Å². The molecule has 1 aliphatic rings. The summed E-state index contributed by atoms with van der Waals surface area (Å²) in [6, 6.07) is 17.2. The minimum Gasteiger partial charge on any atom is -0.496 e. The fourth-order valence-electron chi connectivity index (χ4n) is 2.93. The average molecular weight is 282 g/mol. The van der Waals surface area contributed by atoms with Gasteiger partial charge in [0.15, 0.2) is 0 Å². The van der Waals surface area contributed by atoms with Crippen LogP contribution in [-0.4, -0.2) is 31.1 Å². The molecule has 1 saturated heterocycles. The Bertz CT molecular complexity index is 597. The minimum absolute atomic E-state index is 0.319. The molecule has 1 aliphatic heterocycles. The van der Waals surface area contributed by atoms with E-state index in [-0.39, 0.29) is 0 Å². The van der Waals surface area contributed by atoms with Crippen LogP contribution in [0.3, 0.4) is 0 Å². The van der Waals surface area contributed by atoms with E-state index in [1.54, 1.807) is 7.11 Å². The van der Waals surface area contributed by atoms with Crippen molar-refractivity contribution in [1.29, 1.82) is 0 Å². The zero-order chi connectivity index (χ0) is 14.7. The molecule has 2 N–H and O–H groups in total. The Labute approximate surface area is 126 Å². The zero-order valence-corrected chi connectivity index (χ0v) is 12.5. The summed E-state index contributed by atoms with van der Waals surface area (Å²) in [5, 5.41) is 0.